The van der Waals surface area contributed by atoms with Crippen molar-refractivity contribution in [3.05, 3.63) is 0 Å². The summed E-state index contributed by atoms with van der Waals surface area (Å²) in [6, 6.07) is -0.385. The van der Waals surface area contributed by atoms with Crippen LogP contribution in [0.15, 0.2) is 0 Å². The van der Waals surface area contributed by atoms with E-state index in [1.807, 2.05) is 34.6 Å². The fourth-order valence-electron chi connectivity index (χ4n) is 0.965. The van der Waals surface area contributed by atoms with Crippen LogP contribution in [0.2, 0.25) is 0 Å². The first-order chi connectivity index (χ1) is 5.78. The Hall–Kier alpha value is -0.570. The Morgan fingerprint density at radius 2 is 1.92 bits per heavy atom. The summed E-state index contributed by atoms with van der Waals surface area (Å²) in [5.74, 6) is 0.184. The average molecular weight is 186 g/mol. The lowest BCUT2D eigenvalue weighted by Gasteiger charge is -2.25. The lowest BCUT2D eigenvalue weighted by molar-refractivity contribution is -0.124. The summed E-state index contributed by atoms with van der Waals surface area (Å²) in [6.45, 7) is 9.89. The van der Waals surface area contributed by atoms with Gasteiger partial charge >= 0.3 is 0 Å². The predicted molar refractivity (Wildman–Crippen MR) is 55.3 cm³/mol. The molecule has 0 spiro atoms. The van der Waals surface area contributed by atoms with Crippen LogP contribution in [0.25, 0.3) is 0 Å². The van der Waals surface area contributed by atoms with E-state index in [1.165, 1.54) is 0 Å². The summed E-state index contributed by atoms with van der Waals surface area (Å²) in [7, 11) is 0. The number of carbonyl (C=O) groups excluding carboxylic acids is 1. The minimum Gasteiger partial charge on any atom is -0.350 e. The molecule has 3 N–H and O–H groups in total. The van der Waals surface area contributed by atoms with E-state index in [0.29, 0.717) is 0 Å². The predicted octanol–water partition coefficient (Wildman–Crippen LogP) is 1.27. The summed E-state index contributed by atoms with van der Waals surface area (Å²) < 4.78 is 0. The number of carbonyl (C=O) groups is 1. The first kappa shape index (κ1) is 12.4. The molecule has 0 heterocycles. The number of amides is 1. The van der Waals surface area contributed by atoms with Crippen LogP contribution in [-0.4, -0.2) is 17.5 Å². The minimum absolute atomic E-state index is 0.0538. The molecule has 2 atom stereocenters. The highest BCUT2D eigenvalue weighted by Gasteiger charge is 2.22. The molecule has 0 aromatic carbocycles. The van der Waals surface area contributed by atoms with Crippen molar-refractivity contribution in [2.24, 2.45) is 11.7 Å². The molecule has 0 aliphatic heterocycles. The molecule has 0 aromatic heterocycles. The van der Waals surface area contributed by atoms with Gasteiger partial charge in [0.05, 0.1) is 6.04 Å². The van der Waals surface area contributed by atoms with E-state index >= 15 is 0 Å². The second kappa shape index (κ2) is 4.61. The van der Waals surface area contributed by atoms with Crippen molar-refractivity contribution in [2.75, 3.05) is 0 Å². The van der Waals surface area contributed by atoms with Crippen molar-refractivity contribution in [3.63, 3.8) is 0 Å². The van der Waals surface area contributed by atoms with Crippen LogP contribution in [0.5, 0.6) is 0 Å². The molecule has 3 heteroatoms. The molecule has 0 saturated carbocycles. The molecule has 0 bridgehead atoms. The number of nitrogens with one attached hydrogen (secondary N) is 1. The van der Waals surface area contributed by atoms with Gasteiger partial charge in [0.2, 0.25) is 5.91 Å². The topological polar surface area (TPSA) is 55.1 Å². The summed E-state index contributed by atoms with van der Waals surface area (Å²) in [5, 5.41) is 2.87. The van der Waals surface area contributed by atoms with Gasteiger partial charge in [-0.15, -0.1) is 0 Å². The highest BCUT2D eigenvalue weighted by Crippen LogP contribution is 2.07. The highest BCUT2D eigenvalue weighted by atomic mass is 16.2. The summed E-state index contributed by atoms with van der Waals surface area (Å²) >= 11 is 0. The molecule has 2 unspecified atom stereocenters. The number of hydrogen-bond donors (Lipinski definition) is 2. The maximum Gasteiger partial charge on any atom is 0.237 e. The second-order valence-electron chi connectivity index (χ2n) is 4.65. The van der Waals surface area contributed by atoms with Gasteiger partial charge in [-0.2, -0.15) is 0 Å². The van der Waals surface area contributed by atoms with Crippen LogP contribution >= 0.6 is 0 Å². The van der Waals surface area contributed by atoms with Crippen molar-refractivity contribution in [2.45, 2.75) is 52.6 Å². The fraction of sp³-hybridized carbons (Fsp3) is 0.900. The molecule has 3 nitrogen and oxygen atoms in total. The van der Waals surface area contributed by atoms with Crippen molar-refractivity contribution in [1.82, 2.24) is 5.32 Å². The zero-order chi connectivity index (χ0) is 10.6. The SMILES string of the molecule is CCC(C)C(N)C(=O)NC(C)(C)C. The third kappa shape index (κ3) is 4.88. The fourth-order valence-corrected chi connectivity index (χ4v) is 0.965. The van der Waals surface area contributed by atoms with Crippen LogP contribution in [-0.2, 0) is 4.79 Å². The largest absolute Gasteiger partial charge is 0.350 e. The van der Waals surface area contributed by atoms with E-state index in [0.717, 1.165) is 6.42 Å². The quantitative estimate of drug-likeness (QED) is 0.697. The van der Waals surface area contributed by atoms with E-state index < -0.39 is 0 Å². The maximum atomic E-state index is 11.5. The van der Waals surface area contributed by atoms with Crippen molar-refractivity contribution in [1.29, 1.82) is 0 Å². The lowest BCUT2D eigenvalue weighted by atomic mass is 9.98. The molecule has 13 heavy (non-hydrogen) atoms. The van der Waals surface area contributed by atoms with Crippen molar-refractivity contribution < 1.29 is 4.79 Å². The number of rotatable bonds is 3. The first-order valence-electron chi connectivity index (χ1n) is 4.85. The molecule has 0 saturated heterocycles. The third-order valence-corrected chi connectivity index (χ3v) is 2.06. The number of nitrogens with two attached hydrogens (primary N) is 1. The maximum absolute atomic E-state index is 11.5. The van der Waals surface area contributed by atoms with Gasteiger partial charge in [0.1, 0.15) is 0 Å². The molecule has 0 aromatic rings. The lowest BCUT2D eigenvalue weighted by Crippen LogP contribution is -2.51. The molecule has 0 fully saturated rings. The summed E-state index contributed by atoms with van der Waals surface area (Å²) in [4.78, 5) is 11.5. The molecule has 0 aliphatic rings. The van der Waals surface area contributed by atoms with Gasteiger partial charge < -0.3 is 11.1 Å². The monoisotopic (exact) mass is 186 g/mol. The molecular weight excluding hydrogens is 164 g/mol. The third-order valence-electron chi connectivity index (χ3n) is 2.06. The van der Waals surface area contributed by atoms with E-state index in [4.69, 9.17) is 5.73 Å². The van der Waals surface area contributed by atoms with Crippen LogP contribution in [0.4, 0.5) is 0 Å². The zero-order valence-electron chi connectivity index (χ0n) is 9.35. The van der Waals surface area contributed by atoms with Crippen molar-refractivity contribution in [3.8, 4) is 0 Å². The zero-order valence-corrected chi connectivity index (χ0v) is 9.35. The molecule has 78 valence electrons. The first-order valence-corrected chi connectivity index (χ1v) is 4.85. The molecule has 0 rings (SSSR count). The van der Waals surface area contributed by atoms with Crippen LogP contribution in [0, 0.1) is 5.92 Å². The van der Waals surface area contributed by atoms with Gasteiger partial charge in [0.15, 0.2) is 0 Å². The second-order valence-corrected chi connectivity index (χ2v) is 4.65. The van der Waals surface area contributed by atoms with Gasteiger partial charge in [-0.3, -0.25) is 4.79 Å². The van der Waals surface area contributed by atoms with Gasteiger partial charge in [-0.25, -0.2) is 0 Å². The standard InChI is InChI=1S/C10H22N2O/c1-6-7(2)8(11)9(13)12-10(3,4)5/h7-8H,6,11H2,1-5H3,(H,12,13). The molecule has 0 radical (unpaired) electrons. The van der Waals surface area contributed by atoms with Gasteiger partial charge in [0, 0.05) is 5.54 Å². The number of hydrogen-bond acceptors (Lipinski definition) is 2. The average Bonchev–Trinajstić information content (AvgIpc) is 1.98. The van der Waals surface area contributed by atoms with Crippen LogP contribution < -0.4 is 11.1 Å². The van der Waals surface area contributed by atoms with E-state index in [-0.39, 0.29) is 23.4 Å². The minimum atomic E-state index is -0.385. The Bertz CT molecular complexity index is 172. The smallest absolute Gasteiger partial charge is 0.237 e. The van der Waals surface area contributed by atoms with Crippen LogP contribution in [0.1, 0.15) is 41.0 Å². The molecule has 0 aliphatic carbocycles. The molecule has 1 amide bonds. The molecular formula is C10H22N2O. The Morgan fingerprint density at radius 1 is 1.46 bits per heavy atom. The van der Waals surface area contributed by atoms with E-state index in [1.54, 1.807) is 0 Å². The van der Waals surface area contributed by atoms with Gasteiger partial charge in [-0.1, -0.05) is 20.3 Å². The Morgan fingerprint density at radius 3 is 2.23 bits per heavy atom. The van der Waals surface area contributed by atoms with Gasteiger partial charge in [0.25, 0.3) is 0 Å². The Balaban J connectivity index is 4.12. The summed E-state index contributed by atoms with van der Waals surface area (Å²) in [6.07, 6.45) is 0.929. The van der Waals surface area contributed by atoms with Crippen molar-refractivity contribution >= 4 is 5.91 Å². The van der Waals surface area contributed by atoms with E-state index in [9.17, 15) is 4.79 Å². The van der Waals surface area contributed by atoms with E-state index in [2.05, 4.69) is 5.32 Å². The Labute approximate surface area is 81.1 Å². The highest BCUT2D eigenvalue weighted by molar-refractivity contribution is 5.82. The van der Waals surface area contributed by atoms with Crippen LogP contribution in [0.3, 0.4) is 0 Å². The van der Waals surface area contributed by atoms with Gasteiger partial charge in [-0.05, 0) is 26.7 Å². The Kier molecular flexibility index (Phi) is 4.40. The normalized spacial score (nSPS) is 16.5. The summed E-state index contributed by atoms with van der Waals surface area (Å²) in [5.41, 5.74) is 5.57.